The number of nitrogens with zero attached hydrogens (tertiary/aromatic N) is 1. The maximum Gasteiger partial charge on any atom is 0.272 e. The van der Waals surface area contributed by atoms with Gasteiger partial charge in [0.25, 0.3) is 5.91 Å². The number of anilines is 1. The van der Waals surface area contributed by atoms with Crippen molar-refractivity contribution in [3.8, 4) is 0 Å². The van der Waals surface area contributed by atoms with Crippen molar-refractivity contribution in [2.45, 2.75) is 11.8 Å². The second-order valence-electron chi connectivity index (χ2n) is 4.80. The molecule has 0 spiro atoms. The fourth-order valence-corrected chi connectivity index (χ4v) is 2.69. The van der Waals surface area contributed by atoms with Crippen molar-refractivity contribution in [3.05, 3.63) is 47.5 Å². The molecule has 1 amide bonds. The minimum Gasteiger partial charge on any atom is -0.345 e. The van der Waals surface area contributed by atoms with Crippen molar-refractivity contribution >= 4 is 21.6 Å². The molecule has 1 aromatic carbocycles. The first-order chi connectivity index (χ1) is 10.2. The number of sulfonamides is 1. The van der Waals surface area contributed by atoms with Crippen molar-refractivity contribution in [1.82, 2.24) is 9.29 Å². The van der Waals surface area contributed by atoms with Gasteiger partial charge in [-0.15, -0.1) is 0 Å². The summed E-state index contributed by atoms with van der Waals surface area (Å²) in [7, 11) is -0.786. The van der Waals surface area contributed by atoms with Gasteiger partial charge in [0.2, 0.25) is 10.0 Å². The quantitative estimate of drug-likeness (QED) is 0.896. The van der Waals surface area contributed by atoms with Crippen LogP contribution in [-0.4, -0.2) is 25.9 Å². The molecule has 22 heavy (non-hydrogen) atoms. The molecular weight excluding hydrogens is 309 g/mol. The van der Waals surface area contributed by atoms with Gasteiger partial charge in [-0.3, -0.25) is 4.79 Å². The lowest BCUT2D eigenvalue weighted by atomic mass is 10.2. The fourth-order valence-electron chi connectivity index (χ4n) is 1.89. The lowest BCUT2D eigenvalue weighted by Gasteiger charge is -2.06. The van der Waals surface area contributed by atoms with Gasteiger partial charge in [0.05, 0.1) is 0 Å². The minimum absolute atomic E-state index is 0.0160. The average Bonchev–Trinajstić information content (AvgIpc) is 2.86. The zero-order valence-corrected chi connectivity index (χ0v) is 13.2. The van der Waals surface area contributed by atoms with E-state index in [1.165, 1.54) is 29.9 Å². The molecule has 0 aliphatic rings. The van der Waals surface area contributed by atoms with Gasteiger partial charge in [-0.25, -0.2) is 17.5 Å². The highest BCUT2D eigenvalue weighted by molar-refractivity contribution is 7.89. The number of hydrogen-bond donors (Lipinski definition) is 2. The Kier molecular flexibility index (Phi) is 4.34. The van der Waals surface area contributed by atoms with Gasteiger partial charge in [0, 0.05) is 18.9 Å². The summed E-state index contributed by atoms with van der Waals surface area (Å²) in [5.41, 5.74) is 0.918. The molecule has 0 unspecified atom stereocenters. The Morgan fingerprint density at radius 1 is 1.27 bits per heavy atom. The van der Waals surface area contributed by atoms with E-state index in [0.717, 1.165) is 0 Å². The van der Waals surface area contributed by atoms with Crippen molar-refractivity contribution in [2.24, 2.45) is 7.05 Å². The Hall–Kier alpha value is -2.19. The number of hydrogen-bond acceptors (Lipinski definition) is 3. The Balaban J connectivity index is 2.28. The van der Waals surface area contributed by atoms with Gasteiger partial charge in [0.1, 0.15) is 16.4 Å². The summed E-state index contributed by atoms with van der Waals surface area (Å²) in [6.07, 6.45) is 1.33. The molecule has 0 aliphatic heterocycles. The summed E-state index contributed by atoms with van der Waals surface area (Å²) < 4.78 is 40.5. The molecule has 0 bridgehead atoms. The monoisotopic (exact) mass is 325 g/mol. The third-order valence-corrected chi connectivity index (χ3v) is 4.60. The van der Waals surface area contributed by atoms with Crippen molar-refractivity contribution in [1.29, 1.82) is 0 Å². The van der Waals surface area contributed by atoms with Crippen LogP contribution < -0.4 is 10.0 Å². The topological polar surface area (TPSA) is 80.2 Å². The zero-order valence-electron chi connectivity index (χ0n) is 12.3. The fraction of sp³-hybridized carbons (Fsp3) is 0.214. The lowest BCUT2D eigenvalue weighted by molar-refractivity contribution is 0.101. The number of nitrogens with one attached hydrogen (secondary N) is 2. The molecule has 1 aromatic heterocycles. The number of rotatable bonds is 4. The third-order valence-electron chi connectivity index (χ3n) is 3.22. The van der Waals surface area contributed by atoms with Crippen LogP contribution in [0.5, 0.6) is 0 Å². The van der Waals surface area contributed by atoms with Crippen LogP contribution in [0.15, 0.2) is 35.4 Å². The normalized spacial score (nSPS) is 11.5. The molecule has 8 heteroatoms. The first kappa shape index (κ1) is 16.2. The lowest BCUT2D eigenvalue weighted by Crippen LogP contribution is -2.18. The highest BCUT2D eigenvalue weighted by Gasteiger charge is 2.19. The van der Waals surface area contributed by atoms with Crippen LogP contribution in [0.3, 0.4) is 0 Å². The van der Waals surface area contributed by atoms with Crippen LogP contribution in [0.2, 0.25) is 0 Å². The Bertz CT molecular complexity index is 828. The standard InChI is InChI=1S/C14H16FN3O3S/c1-9-4-5-10(6-12(9)15)17-14(19)13-7-11(8-18(13)3)22(20,21)16-2/h4-8,16H,1-3H3,(H,17,19). The second-order valence-corrected chi connectivity index (χ2v) is 6.68. The van der Waals surface area contributed by atoms with Crippen molar-refractivity contribution < 1.29 is 17.6 Å². The maximum atomic E-state index is 13.5. The molecule has 118 valence electrons. The van der Waals surface area contributed by atoms with Crippen LogP contribution in [0.25, 0.3) is 0 Å². The molecule has 0 saturated heterocycles. The van der Waals surface area contributed by atoms with E-state index in [4.69, 9.17) is 0 Å². The number of amides is 1. The molecule has 0 radical (unpaired) electrons. The summed E-state index contributed by atoms with van der Waals surface area (Å²) in [5, 5.41) is 2.53. The number of aromatic nitrogens is 1. The van der Waals surface area contributed by atoms with E-state index in [2.05, 4.69) is 10.0 Å². The number of carbonyl (C=O) groups is 1. The van der Waals surface area contributed by atoms with E-state index < -0.39 is 21.7 Å². The summed E-state index contributed by atoms with van der Waals surface area (Å²) in [4.78, 5) is 12.2. The summed E-state index contributed by atoms with van der Waals surface area (Å²) >= 11 is 0. The smallest absolute Gasteiger partial charge is 0.272 e. The van der Waals surface area contributed by atoms with Gasteiger partial charge in [0.15, 0.2) is 0 Å². The van der Waals surface area contributed by atoms with Gasteiger partial charge < -0.3 is 9.88 Å². The predicted molar refractivity (Wildman–Crippen MR) is 80.7 cm³/mol. The Morgan fingerprint density at radius 3 is 2.55 bits per heavy atom. The van der Waals surface area contributed by atoms with Crippen molar-refractivity contribution in [2.75, 3.05) is 12.4 Å². The van der Waals surface area contributed by atoms with Crippen LogP contribution >= 0.6 is 0 Å². The molecule has 2 N–H and O–H groups in total. The van der Waals surface area contributed by atoms with Gasteiger partial charge in [-0.1, -0.05) is 6.07 Å². The molecule has 0 saturated carbocycles. The van der Waals surface area contributed by atoms with E-state index in [9.17, 15) is 17.6 Å². The first-order valence-electron chi connectivity index (χ1n) is 6.42. The number of halogens is 1. The molecule has 0 atom stereocenters. The third kappa shape index (κ3) is 3.18. The Morgan fingerprint density at radius 2 is 1.95 bits per heavy atom. The van der Waals surface area contributed by atoms with Gasteiger partial charge >= 0.3 is 0 Å². The molecular formula is C14H16FN3O3S. The number of carbonyl (C=O) groups excluding carboxylic acids is 1. The maximum absolute atomic E-state index is 13.5. The Labute approximate surface area is 128 Å². The number of aryl methyl sites for hydroxylation is 2. The molecule has 1 heterocycles. The average molecular weight is 325 g/mol. The molecule has 6 nitrogen and oxygen atoms in total. The molecule has 0 fully saturated rings. The van der Waals surface area contributed by atoms with Crippen LogP contribution in [-0.2, 0) is 17.1 Å². The first-order valence-corrected chi connectivity index (χ1v) is 7.90. The largest absolute Gasteiger partial charge is 0.345 e. The minimum atomic E-state index is -3.63. The van der Waals surface area contributed by atoms with Gasteiger partial charge in [-0.05, 0) is 37.7 Å². The number of benzene rings is 1. The summed E-state index contributed by atoms with van der Waals surface area (Å²) in [6.45, 7) is 1.62. The highest BCUT2D eigenvalue weighted by Crippen LogP contribution is 2.17. The highest BCUT2D eigenvalue weighted by atomic mass is 32.2. The molecule has 2 rings (SSSR count). The van der Waals surface area contributed by atoms with E-state index >= 15 is 0 Å². The summed E-state index contributed by atoms with van der Waals surface area (Å²) in [5.74, 6) is -0.952. The predicted octanol–water partition coefficient (Wildman–Crippen LogP) is 1.63. The van der Waals surface area contributed by atoms with E-state index in [1.54, 1.807) is 26.1 Å². The van der Waals surface area contributed by atoms with Crippen molar-refractivity contribution in [3.63, 3.8) is 0 Å². The van der Waals surface area contributed by atoms with Crippen LogP contribution in [0.1, 0.15) is 16.1 Å². The second kappa shape index (κ2) is 5.90. The SMILES string of the molecule is CNS(=O)(=O)c1cc(C(=O)Nc2ccc(C)c(F)c2)n(C)c1. The van der Waals surface area contributed by atoms with Crippen LogP contribution in [0.4, 0.5) is 10.1 Å². The van der Waals surface area contributed by atoms with Crippen LogP contribution in [0, 0.1) is 12.7 Å². The van der Waals surface area contributed by atoms with Gasteiger partial charge in [-0.2, -0.15) is 0 Å². The van der Waals surface area contributed by atoms with E-state index in [-0.39, 0.29) is 10.6 Å². The van der Waals surface area contributed by atoms with E-state index in [1.807, 2.05) is 0 Å². The summed E-state index contributed by atoms with van der Waals surface area (Å²) in [6, 6.07) is 5.59. The molecule has 0 aliphatic carbocycles. The zero-order chi connectivity index (χ0) is 16.5. The van der Waals surface area contributed by atoms with E-state index in [0.29, 0.717) is 11.3 Å². The molecule has 2 aromatic rings.